The molecule has 30 heavy (non-hydrogen) atoms. The Bertz CT molecular complexity index is 864. The molecule has 0 fully saturated rings. The predicted octanol–water partition coefficient (Wildman–Crippen LogP) is 2.55. The molecule has 0 radical (unpaired) electrons. The number of hydrogen-bond acceptors (Lipinski definition) is 6. The Morgan fingerprint density at radius 3 is 2.53 bits per heavy atom. The molecule has 2 rings (SSSR count). The number of para-hydroxylation sites is 1. The van der Waals surface area contributed by atoms with Gasteiger partial charge in [-0.2, -0.15) is 0 Å². The van der Waals surface area contributed by atoms with Crippen LogP contribution in [-0.2, 0) is 9.59 Å². The van der Waals surface area contributed by atoms with Gasteiger partial charge >= 0.3 is 0 Å². The second-order valence-electron chi connectivity index (χ2n) is 6.84. The summed E-state index contributed by atoms with van der Waals surface area (Å²) in [6.45, 7) is 1.89. The van der Waals surface area contributed by atoms with E-state index in [0.717, 1.165) is 19.3 Å². The zero-order chi connectivity index (χ0) is 21.9. The summed E-state index contributed by atoms with van der Waals surface area (Å²) in [5.41, 5.74) is 2.00. The number of phenolic OH excluding ortho intramolecular Hbond substituents is 1. The molecule has 5 N–H and O–H groups in total. The van der Waals surface area contributed by atoms with Crippen molar-refractivity contribution in [3.8, 4) is 17.1 Å². The summed E-state index contributed by atoms with van der Waals surface area (Å²) in [6.07, 6.45) is 3.05. The summed E-state index contributed by atoms with van der Waals surface area (Å²) in [4.78, 5) is 36.0. The van der Waals surface area contributed by atoms with Crippen molar-refractivity contribution in [3.63, 3.8) is 0 Å². The average molecular weight is 417 g/mol. The van der Waals surface area contributed by atoms with Crippen LogP contribution in [0.1, 0.15) is 49.6 Å². The van der Waals surface area contributed by atoms with Crippen LogP contribution in [-0.4, -0.2) is 34.7 Å². The van der Waals surface area contributed by atoms with E-state index in [2.05, 4.69) is 10.6 Å². The number of rotatable bonds is 11. The van der Waals surface area contributed by atoms with E-state index in [9.17, 15) is 19.5 Å². The van der Waals surface area contributed by atoms with Crippen LogP contribution < -0.4 is 16.1 Å². The monoisotopic (exact) mass is 417 g/mol. The van der Waals surface area contributed by atoms with Crippen LogP contribution in [0.2, 0.25) is 0 Å². The van der Waals surface area contributed by atoms with Crippen LogP contribution in [0.5, 0.6) is 5.75 Å². The first-order chi connectivity index (χ1) is 14.5. The van der Waals surface area contributed by atoms with Crippen molar-refractivity contribution in [2.45, 2.75) is 39.0 Å². The molecule has 1 aromatic heterocycles. The molecule has 0 spiro atoms. The molecular formula is C21H27N3O6. The quantitative estimate of drug-likeness (QED) is 0.165. The molecule has 9 heteroatoms. The van der Waals surface area contributed by atoms with E-state index in [1.54, 1.807) is 24.3 Å². The summed E-state index contributed by atoms with van der Waals surface area (Å²) < 4.78 is 5.48. The van der Waals surface area contributed by atoms with Gasteiger partial charge in [-0.1, -0.05) is 38.3 Å². The Hall–Kier alpha value is -3.33. The fourth-order valence-electron chi connectivity index (χ4n) is 2.97. The van der Waals surface area contributed by atoms with Gasteiger partial charge in [-0.3, -0.25) is 19.6 Å². The molecule has 0 aliphatic rings. The Balaban J connectivity index is 1.88. The molecule has 1 atom stereocenters. The molecule has 0 unspecified atom stereocenters. The van der Waals surface area contributed by atoms with Gasteiger partial charge in [-0.25, -0.2) is 5.48 Å². The molecule has 0 bridgehead atoms. The smallest absolute Gasteiger partial charge is 0.288 e. The number of unbranched alkanes of at least 4 members (excludes halogenated alkanes) is 2. The van der Waals surface area contributed by atoms with Gasteiger partial charge in [-0.05, 0) is 30.7 Å². The standard InChI is InChI=1S/C21H27N3O6/c1-2-3-4-7-14(12-19(26)24-29)20(27)22-13-23-21(28)18-11-10-17(30-18)15-8-5-6-9-16(15)25/h5-6,8-11,14,25,29H,2-4,7,12-13H2,1H3,(H,22,27)(H,23,28)(H,24,26)/t14-/m1/s1. The number of amides is 3. The molecule has 1 heterocycles. The van der Waals surface area contributed by atoms with Crippen molar-refractivity contribution < 1.29 is 29.1 Å². The van der Waals surface area contributed by atoms with Crippen LogP contribution in [0.15, 0.2) is 40.8 Å². The normalized spacial score (nSPS) is 11.5. The highest BCUT2D eigenvalue weighted by molar-refractivity contribution is 5.92. The number of hydrogen-bond donors (Lipinski definition) is 5. The lowest BCUT2D eigenvalue weighted by atomic mass is 9.96. The Morgan fingerprint density at radius 1 is 1.07 bits per heavy atom. The van der Waals surface area contributed by atoms with Crippen LogP contribution in [0.3, 0.4) is 0 Å². The van der Waals surface area contributed by atoms with Gasteiger partial charge in [0.05, 0.1) is 12.2 Å². The van der Waals surface area contributed by atoms with Crippen molar-refractivity contribution in [1.29, 1.82) is 0 Å². The van der Waals surface area contributed by atoms with Crippen molar-refractivity contribution in [2.24, 2.45) is 5.92 Å². The van der Waals surface area contributed by atoms with Crippen LogP contribution in [0, 0.1) is 5.92 Å². The fraction of sp³-hybridized carbons (Fsp3) is 0.381. The van der Waals surface area contributed by atoms with Crippen LogP contribution in [0.25, 0.3) is 11.3 Å². The Kier molecular flexibility index (Phi) is 8.89. The average Bonchev–Trinajstić information content (AvgIpc) is 3.23. The molecule has 0 saturated carbocycles. The van der Waals surface area contributed by atoms with Crippen molar-refractivity contribution in [3.05, 3.63) is 42.2 Å². The lowest BCUT2D eigenvalue weighted by molar-refractivity contribution is -0.135. The Morgan fingerprint density at radius 2 is 1.83 bits per heavy atom. The third kappa shape index (κ3) is 6.63. The summed E-state index contributed by atoms with van der Waals surface area (Å²) in [6, 6.07) is 9.63. The third-order valence-corrected chi connectivity index (χ3v) is 4.59. The summed E-state index contributed by atoms with van der Waals surface area (Å²) in [5.74, 6) is -1.75. The number of carbonyl (C=O) groups is 3. The second kappa shape index (κ2) is 11.6. The SMILES string of the molecule is CCCCC[C@H](CC(=O)NO)C(=O)NCNC(=O)c1ccc(-c2ccccc2O)o1. The maximum atomic E-state index is 12.4. The topological polar surface area (TPSA) is 141 Å². The molecule has 2 aromatic rings. The van der Waals surface area contributed by atoms with Crippen molar-refractivity contribution >= 4 is 17.7 Å². The largest absolute Gasteiger partial charge is 0.507 e. The molecule has 0 saturated heterocycles. The highest BCUT2D eigenvalue weighted by atomic mass is 16.5. The van der Waals surface area contributed by atoms with Crippen LogP contribution >= 0.6 is 0 Å². The minimum atomic E-state index is -0.636. The molecule has 9 nitrogen and oxygen atoms in total. The first-order valence-corrected chi connectivity index (χ1v) is 9.83. The van der Waals surface area contributed by atoms with Gasteiger partial charge in [0.25, 0.3) is 5.91 Å². The van der Waals surface area contributed by atoms with Gasteiger partial charge in [0.15, 0.2) is 5.76 Å². The number of phenols is 1. The van der Waals surface area contributed by atoms with E-state index in [4.69, 9.17) is 9.62 Å². The summed E-state index contributed by atoms with van der Waals surface area (Å²) in [5, 5.41) is 23.7. The molecule has 0 aliphatic heterocycles. The number of furan rings is 1. The van der Waals surface area contributed by atoms with Gasteiger partial charge in [-0.15, -0.1) is 0 Å². The number of aromatic hydroxyl groups is 1. The maximum absolute atomic E-state index is 12.4. The van der Waals surface area contributed by atoms with Gasteiger partial charge < -0.3 is 20.2 Å². The number of benzene rings is 1. The summed E-state index contributed by atoms with van der Waals surface area (Å²) in [7, 11) is 0. The van der Waals surface area contributed by atoms with E-state index in [0.29, 0.717) is 17.7 Å². The van der Waals surface area contributed by atoms with E-state index in [1.807, 2.05) is 6.92 Å². The number of nitrogens with one attached hydrogen (secondary N) is 3. The van der Waals surface area contributed by atoms with E-state index < -0.39 is 17.7 Å². The lowest BCUT2D eigenvalue weighted by Gasteiger charge is -2.16. The van der Waals surface area contributed by atoms with E-state index >= 15 is 0 Å². The molecule has 0 aliphatic carbocycles. The predicted molar refractivity (Wildman–Crippen MR) is 108 cm³/mol. The van der Waals surface area contributed by atoms with E-state index in [-0.39, 0.29) is 30.5 Å². The van der Waals surface area contributed by atoms with Gasteiger partial charge in [0.2, 0.25) is 11.8 Å². The number of hydroxylamine groups is 1. The zero-order valence-electron chi connectivity index (χ0n) is 16.8. The zero-order valence-corrected chi connectivity index (χ0v) is 16.8. The molecule has 3 amide bonds. The molecule has 162 valence electrons. The van der Waals surface area contributed by atoms with Crippen LogP contribution in [0.4, 0.5) is 0 Å². The molecule has 1 aromatic carbocycles. The third-order valence-electron chi connectivity index (χ3n) is 4.59. The van der Waals surface area contributed by atoms with Crippen molar-refractivity contribution in [2.75, 3.05) is 6.67 Å². The van der Waals surface area contributed by atoms with Gasteiger partial charge in [0.1, 0.15) is 11.5 Å². The minimum absolute atomic E-state index is 0.0293. The lowest BCUT2D eigenvalue weighted by Crippen LogP contribution is -2.41. The Labute approximate surface area is 174 Å². The first kappa shape index (κ1) is 23.0. The van der Waals surface area contributed by atoms with Gasteiger partial charge in [0, 0.05) is 12.3 Å². The van der Waals surface area contributed by atoms with E-state index in [1.165, 1.54) is 17.6 Å². The first-order valence-electron chi connectivity index (χ1n) is 9.83. The molecular weight excluding hydrogens is 390 g/mol. The number of carbonyl (C=O) groups excluding carboxylic acids is 3. The fourth-order valence-corrected chi connectivity index (χ4v) is 2.97. The highest BCUT2D eigenvalue weighted by Crippen LogP contribution is 2.29. The van der Waals surface area contributed by atoms with Crippen molar-refractivity contribution in [1.82, 2.24) is 16.1 Å². The minimum Gasteiger partial charge on any atom is -0.507 e. The highest BCUT2D eigenvalue weighted by Gasteiger charge is 2.21. The maximum Gasteiger partial charge on any atom is 0.288 e. The second-order valence-corrected chi connectivity index (χ2v) is 6.84. The summed E-state index contributed by atoms with van der Waals surface area (Å²) >= 11 is 0.